The number of imidazole rings is 1. The quantitative estimate of drug-likeness (QED) is 0.0149. The van der Waals surface area contributed by atoms with Crippen molar-refractivity contribution in [2.45, 2.75) is 146 Å². The first-order chi connectivity index (χ1) is 38.2. The number of aromatic amines is 2. The number of aromatic nitrogens is 3. The Morgan fingerprint density at radius 3 is 1.73 bits per heavy atom. The number of carbonyl (C=O) groups excluding carboxylic acids is 8. The van der Waals surface area contributed by atoms with Crippen molar-refractivity contribution in [3.8, 4) is 0 Å². The Morgan fingerprint density at radius 1 is 0.642 bits per heavy atom. The number of fused-ring (bicyclic) bond motifs is 1. The molecule has 0 radical (unpaired) electrons. The summed E-state index contributed by atoms with van der Waals surface area (Å²) in [6.07, 6.45) is 3.18. The molecule has 0 aliphatic heterocycles. The summed E-state index contributed by atoms with van der Waals surface area (Å²) in [4.78, 5) is 148. The molecule has 448 valence electrons. The number of aliphatic carboxylic acids is 2. The number of carboxylic acid groups (broad SMARTS) is 2. The minimum atomic E-state index is -3.78. The molecule has 21 N–H and O–H groups in total. The Kier molecular flexibility index (Phi) is 27.7. The van der Waals surface area contributed by atoms with E-state index in [1.807, 2.05) is 0 Å². The Morgan fingerprint density at radius 2 is 1.17 bits per heavy atom. The maximum absolute atomic E-state index is 14.5. The van der Waals surface area contributed by atoms with E-state index in [1.165, 1.54) is 12.5 Å². The molecule has 2 heterocycles. The largest absolute Gasteiger partial charge is 0.481 e. The van der Waals surface area contributed by atoms with Crippen molar-refractivity contribution >= 4 is 85.9 Å². The van der Waals surface area contributed by atoms with Crippen LogP contribution >= 0.6 is 0 Å². The van der Waals surface area contributed by atoms with Crippen molar-refractivity contribution in [1.29, 1.82) is 0 Å². The number of primary amides is 1. The third-order valence-corrected chi connectivity index (χ3v) is 13.5. The van der Waals surface area contributed by atoms with Crippen molar-refractivity contribution in [3.63, 3.8) is 0 Å². The second-order valence-electron chi connectivity index (χ2n) is 19.9. The summed E-state index contributed by atoms with van der Waals surface area (Å²) in [5, 5.41) is 37.4. The molecule has 3 rings (SSSR count). The number of H-pyrrole nitrogens is 2. The Labute approximate surface area is 467 Å². The average Bonchev–Trinajstić information content (AvgIpc) is 4.09. The second-order valence-corrected chi connectivity index (χ2v) is 22.2. The minimum Gasteiger partial charge on any atom is -0.481 e. The summed E-state index contributed by atoms with van der Waals surface area (Å²) in [5.41, 5.74) is 29.5. The molecule has 8 amide bonds. The van der Waals surface area contributed by atoms with Crippen LogP contribution in [0.5, 0.6) is 0 Å². The normalized spacial score (nSPS) is 14.3. The molecule has 1 aromatic carbocycles. The van der Waals surface area contributed by atoms with Crippen LogP contribution < -0.4 is 65.9 Å². The number of hydrogen-bond acceptors (Lipinski definition) is 16. The maximum atomic E-state index is 14.5. The lowest BCUT2D eigenvalue weighted by molar-refractivity contribution is -0.142. The summed E-state index contributed by atoms with van der Waals surface area (Å²) in [5.74, 6) is -11.3. The molecule has 0 unspecified atom stereocenters. The molecule has 0 spiro atoms. The van der Waals surface area contributed by atoms with Gasteiger partial charge in [-0.1, -0.05) is 32.0 Å². The maximum Gasteiger partial charge on any atom is 0.326 e. The smallest absolute Gasteiger partial charge is 0.326 e. The average molecular weight is 1160 g/mol. The van der Waals surface area contributed by atoms with Gasteiger partial charge < -0.3 is 86.1 Å². The topological polar surface area (TPSA) is 516 Å². The van der Waals surface area contributed by atoms with Crippen LogP contribution in [0.1, 0.15) is 95.7 Å². The number of nitrogens with two attached hydrogens (primary N) is 5. The van der Waals surface area contributed by atoms with Crippen molar-refractivity contribution < 1.29 is 66.6 Å². The number of amides is 8. The highest BCUT2D eigenvalue weighted by molar-refractivity contribution is 7.90. The number of guanidine groups is 1. The number of benzene rings is 1. The number of sulfone groups is 1. The van der Waals surface area contributed by atoms with Gasteiger partial charge in [-0.3, -0.25) is 48.1 Å². The molecule has 81 heavy (non-hydrogen) atoms. The molecule has 2 aromatic heterocycles. The van der Waals surface area contributed by atoms with Crippen LogP contribution in [0.4, 0.5) is 0 Å². The lowest BCUT2D eigenvalue weighted by Gasteiger charge is -2.28. The fourth-order valence-electron chi connectivity index (χ4n) is 8.26. The van der Waals surface area contributed by atoms with Gasteiger partial charge in [0.1, 0.15) is 52.1 Å². The van der Waals surface area contributed by atoms with Gasteiger partial charge in [-0.05, 0) is 81.9 Å². The molecule has 0 aliphatic rings. The SMILES string of the molecule is CC(C)C[C@H](NC(=O)[C@H](Cc1cnc[nH]1)NC(=O)[C@@H](N)CCC(=O)O)C(=O)N[C@@H](CCCCN)C(=O)N[C@@H](CCC(N)=O)C(=O)N[C@@H](Cc1c[nH]c2ccccc12)C(=O)N[C@@H](CCS(C)(=O)=O)C(=O)N[C@@H](CCCN=C(N)N)C(=O)O. The van der Waals surface area contributed by atoms with E-state index in [1.54, 1.807) is 44.3 Å². The van der Waals surface area contributed by atoms with Gasteiger partial charge in [-0.15, -0.1) is 0 Å². The number of nitrogens with zero attached hydrogens (tertiary/aromatic N) is 2. The first-order valence-corrected chi connectivity index (χ1v) is 28.3. The highest BCUT2D eigenvalue weighted by Gasteiger charge is 2.36. The van der Waals surface area contributed by atoms with E-state index >= 15 is 0 Å². The standard InChI is InChI=1S/C50H78N16O14S/c1-27(2)21-37(65-48(76)39(23-29-25-56-26-59-29)64-42(70)31(52)13-16-41(68)69)46(74)60-33(11-6-7-18-51)43(71)61-34(14-15-40(53)67)44(72)66-38(22-28-24-58-32-10-5-4-9-30(28)32)47(75)62-35(17-20-81(3,79)80)45(73)63-36(49(77)78)12-8-19-57-50(54)55/h4-5,9-10,24-27,31,33-39,58H,6-8,11-23,51-52H2,1-3H3,(H2,53,67)(H,56,59)(H,60,74)(H,61,71)(H,62,75)(H,63,73)(H,64,70)(H,65,76)(H,66,72)(H,68,69)(H,77,78)(H4,54,55,57)/t31-,33-,34-,35-,36-,37-,38-,39-/m0/s1. The molecule has 0 aliphatic carbocycles. The van der Waals surface area contributed by atoms with Crippen LogP contribution in [0.2, 0.25) is 0 Å². The zero-order chi connectivity index (χ0) is 60.4. The van der Waals surface area contributed by atoms with E-state index in [2.05, 4.69) is 57.2 Å². The fraction of sp³-hybridized carbons (Fsp3) is 0.560. The van der Waals surface area contributed by atoms with Gasteiger partial charge >= 0.3 is 11.9 Å². The van der Waals surface area contributed by atoms with Crippen LogP contribution in [0, 0.1) is 5.92 Å². The Balaban J connectivity index is 1.99. The number of carboxylic acids is 2. The lowest BCUT2D eigenvalue weighted by Crippen LogP contribution is -2.60. The number of rotatable bonds is 38. The van der Waals surface area contributed by atoms with Crippen LogP contribution in [0.3, 0.4) is 0 Å². The van der Waals surface area contributed by atoms with E-state index in [0.29, 0.717) is 28.6 Å². The third-order valence-electron chi connectivity index (χ3n) is 12.6. The Hall–Kier alpha value is -8.19. The molecule has 0 saturated carbocycles. The molecular weight excluding hydrogens is 1080 g/mol. The zero-order valence-corrected chi connectivity index (χ0v) is 46.4. The minimum absolute atomic E-state index is 0.0126. The van der Waals surface area contributed by atoms with Crippen molar-refractivity contribution in [3.05, 3.63) is 54.2 Å². The van der Waals surface area contributed by atoms with Crippen molar-refractivity contribution in [2.24, 2.45) is 39.6 Å². The van der Waals surface area contributed by atoms with Gasteiger partial charge in [0.25, 0.3) is 0 Å². The highest BCUT2D eigenvalue weighted by atomic mass is 32.2. The van der Waals surface area contributed by atoms with Gasteiger partial charge in [0.15, 0.2) is 5.96 Å². The number of para-hydroxylation sites is 1. The van der Waals surface area contributed by atoms with E-state index < -0.39 is 149 Å². The second kappa shape index (κ2) is 33.4. The van der Waals surface area contributed by atoms with E-state index in [9.17, 15) is 61.5 Å². The lowest BCUT2D eigenvalue weighted by atomic mass is 10.00. The summed E-state index contributed by atoms with van der Waals surface area (Å²) >= 11 is 0. The van der Waals surface area contributed by atoms with Crippen LogP contribution in [-0.2, 0) is 70.6 Å². The predicted octanol–water partition coefficient (Wildman–Crippen LogP) is -3.72. The molecular formula is C50H78N16O14S. The number of nitrogens with one attached hydrogen (secondary N) is 9. The van der Waals surface area contributed by atoms with Gasteiger partial charge in [-0.25, -0.2) is 18.2 Å². The number of carbonyl (C=O) groups is 10. The molecule has 3 aromatic rings. The third kappa shape index (κ3) is 24.8. The zero-order valence-electron chi connectivity index (χ0n) is 45.5. The number of unbranched alkanes of at least 4 members (excludes halogenated alkanes) is 1. The van der Waals surface area contributed by atoms with Gasteiger partial charge in [-0.2, -0.15) is 0 Å². The first kappa shape index (κ1) is 67.1. The monoisotopic (exact) mass is 1160 g/mol. The summed E-state index contributed by atoms with van der Waals surface area (Å²) in [6, 6.07) is -4.95. The van der Waals surface area contributed by atoms with E-state index in [-0.39, 0.29) is 76.3 Å². The summed E-state index contributed by atoms with van der Waals surface area (Å²) in [7, 11) is -3.78. The van der Waals surface area contributed by atoms with Gasteiger partial charge in [0, 0.05) is 67.5 Å². The molecule has 0 saturated heterocycles. The first-order valence-electron chi connectivity index (χ1n) is 26.2. The predicted molar refractivity (Wildman–Crippen MR) is 295 cm³/mol. The molecule has 30 nitrogen and oxygen atoms in total. The van der Waals surface area contributed by atoms with Crippen molar-refractivity contribution in [2.75, 3.05) is 25.1 Å². The highest BCUT2D eigenvalue weighted by Crippen LogP contribution is 2.20. The van der Waals surface area contributed by atoms with Crippen LogP contribution in [0.15, 0.2) is 48.0 Å². The van der Waals surface area contributed by atoms with Crippen LogP contribution in [-0.4, -0.2) is 172 Å². The van der Waals surface area contributed by atoms with Crippen LogP contribution in [0.25, 0.3) is 10.9 Å². The molecule has 0 bridgehead atoms. The molecule has 0 fully saturated rings. The van der Waals surface area contributed by atoms with Crippen molar-refractivity contribution in [1.82, 2.24) is 52.2 Å². The summed E-state index contributed by atoms with van der Waals surface area (Å²) in [6.45, 7) is 3.73. The number of aliphatic imine (C=N–C) groups is 1. The Bertz CT molecular complexity index is 2770. The van der Waals surface area contributed by atoms with E-state index in [4.69, 9.17) is 33.8 Å². The fourth-order valence-corrected chi connectivity index (χ4v) is 8.92. The molecule has 31 heteroatoms. The van der Waals surface area contributed by atoms with E-state index in [0.717, 1.165) is 6.26 Å². The molecule has 8 atom stereocenters. The van der Waals surface area contributed by atoms with Gasteiger partial charge in [0.2, 0.25) is 47.3 Å². The van der Waals surface area contributed by atoms with Gasteiger partial charge in [0.05, 0.1) is 18.1 Å². The number of hydrogen-bond donors (Lipinski definition) is 16. The summed E-state index contributed by atoms with van der Waals surface area (Å²) < 4.78 is 24.7.